The number of likely N-dealkylation sites (tertiary alicyclic amines) is 1. The second kappa shape index (κ2) is 6.85. The molecular weight excluding hydrogens is 363 g/mol. The van der Waals surface area contributed by atoms with E-state index in [1.807, 2.05) is 0 Å². The number of rotatable bonds is 4. The van der Waals surface area contributed by atoms with Gasteiger partial charge < -0.3 is 4.90 Å². The van der Waals surface area contributed by atoms with Gasteiger partial charge in [-0.05, 0) is 53.4 Å². The third-order valence-corrected chi connectivity index (χ3v) is 5.37. The normalized spacial score (nSPS) is 16.0. The van der Waals surface area contributed by atoms with Gasteiger partial charge in [-0.2, -0.15) is 0 Å². The van der Waals surface area contributed by atoms with E-state index in [2.05, 4.69) is 20.7 Å². The smallest absolute Gasteiger partial charge is 0.241 e. The summed E-state index contributed by atoms with van der Waals surface area (Å²) in [5.74, 6) is -0.920. The fourth-order valence-electron chi connectivity index (χ4n) is 2.14. The third kappa shape index (κ3) is 4.24. The van der Waals surface area contributed by atoms with Crippen molar-refractivity contribution in [3.8, 4) is 0 Å². The zero-order chi connectivity index (χ0) is 15.5. The number of halogens is 2. The lowest BCUT2D eigenvalue weighted by molar-refractivity contribution is -0.130. The Morgan fingerprint density at radius 1 is 1.29 bits per heavy atom. The van der Waals surface area contributed by atoms with Crippen molar-refractivity contribution in [1.29, 1.82) is 0 Å². The van der Waals surface area contributed by atoms with E-state index in [0.717, 1.165) is 25.3 Å². The van der Waals surface area contributed by atoms with Crippen molar-refractivity contribution in [3.05, 3.63) is 28.5 Å². The number of carbonyl (C=O) groups excluding carboxylic acids is 1. The van der Waals surface area contributed by atoms with Crippen LogP contribution in [0.15, 0.2) is 27.6 Å². The van der Waals surface area contributed by atoms with Crippen LogP contribution >= 0.6 is 15.9 Å². The van der Waals surface area contributed by atoms with Crippen LogP contribution in [0, 0.1) is 5.82 Å². The Morgan fingerprint density at radius 2 is 1.95 bits per heavy atom. The summed E-state index contributed by atoms with van der Waals surface area (Å²) in [6.45, 7) is 1.01. The van der Waals surface area contributed by atoms with Gasteiger partial charge in [0.25, 0.3) is 0 Å². The van der Waals surface area contributed by atoms with Gasteiger partial charge in [0.05, 0.1) is 15.9 Å². The van der Waals surface area contributed by atoms with Crippen molar-refractivity contribution in [2.45, 2.75) is 24.2 Å². The van der Waals surface area contributed by atoms with Crippen LogP contribution in [-0.2, 0) is 14.8 Å². The second-order valence-electron chi connectivity index (χ2n) is 4.84. The largest absolute Gasteiger partial charge is 0.342 e. The zero-order valence-corrected chi connectivity index (χ0v) is 13.7. The topological polar surface area (TPSA) is 66.5 Å². The van der Waals surface area contributed by atoms with Gasteiger partial charge in [-0.3, -0.25) is 4.79 Å². The molecule has 0 unspecified atom stereocenters. The highest BCUT2D eigenvalue weighted by Gasteiger charge is 2.20. The Bertz CT molecular complexity index is 630. The second-order valence-corrected chi connectivity index (χ2v) is 7.46. The summed E-state index contributed by atoms with van der Waals surface area (Å²) in [7, 11) is -3.89. The maximum absolute atomic E-state index is 13.4. The highest BCUT2D eigenvalue weighted by atomic mass is 79.9. The molecule has 0 spiro atoms. The van der Waals surface area contributed by atoms with Gasteiger partial charge in [0, 0.05) is 13.1 Å². The fourth-order valence-corrected chi connectivity index (χ4v) is 3.37. The number of hydrogen-bond donors (Lipinski definition) is 1. The molecule has 0 radical (unpaired) electrons. The van der Waals surface area contributed by atoms with E-state index in [9.17, 15) is 17.6 Å². The van der Waals surface area contributed by atoms with Gasteiger partial charge in [0.1, 0.15) is 5.82 Å². The maximum Gasteiger partial charge on any atom is 0.241 e. The van der Waals surface area contributed by atoms with Crippen LogP contribution in [0.2, 0.25) is 0 Å². The quantitative estimate of drug-likeness (QED) is 0.869. The van der Waals surface area contributed by atoms with Gasteiger partial charge in [-0.1, -0.05) is 0 Å². The van der Waals surface area contributed by atoms with Crippen LogP contribution in [0.1, 0.15) is 19.3 Å². The average Bonchev–Trinajstić information content (AvgIpc) is 2.48. The van der Waals surface area contributed by atoms with Crippen molar-refractivity contribution in [1.82, 2.24) is 9.62 Å². The first-order valence-corrected chi connectivity index (χ1v) is 8.90. The first kappa shape index (κ1) is 16.4. The van der Waals surface area contributed by atoms with Crippen LogP contribution in [0.25, 0.3) is 0 Å². The van der Waals surface area contributed by atoms with Gasteiger partial charge in [0.2, 0.25) is 15.9 Å². The first-order chi connectivity index (χ1) is 9.90. The van der Waals surface area contributed by atoms with E-state index in [1.54, 1.807) is 4.90 Å². The molecule has 0 aromatic heterocycles. The fraction of sp³-hybridized carbons (Fsp3) is 0.462. The summed E-state index contributed by atoms with van der Waals surface area (Å²) >= 11 is 2.96. The van der Waals surface area contributed by atoms with Crippen molar-refractivity contribution in [2.24, 2.45) is 0 Å². The van der Waals surface area contributed by atoms with Gasteiger partial charge in [-0.15, -0.1) is 0 Å². The highest BCUT2D eigenvalue weighted by molar-refractivity contribution is 9.10. The molecule has 116 valence electrons. The molecule has 1 amide bonds. The molecule has 0 saturated carbocycles. The standard InChI is InChI=1S/C13H16BrFN2O3S/c14-11-5-4-10(8-12(11)15)21(19,20)16-9-13(18)17-6-2-1-3-7-17/h4-5,8,16H,1-3,6-7,9H2. The monoisotopic (exact) mass is 378 g/mol. The summed E-state index contributed by atoms with van der Waals surface area (Å²) in [6, 6.07) is 3.51. The summed E-state index contributed by atoms with van der Waals surface area (Å²) < 4.78 is 39.8. The van der Waals surface area contributed by atoms with E-state index in [0.29, 0.717) is 13.1 Å². The Labute approximate surface area is 131 Å². The number of piperidine rings is 1. The molecule has 1 saturated heterocycles. The predicted octanol–water partition coefficient (Wildman–Crippen LogP) is 1.88. The third-order valence-electron chi connectivity index (χ3n) is 3.32. The molecule has 1 aliphatic rings. The van der Waals surface area contributed by atoms with Gasteiger partial charge >= 0.3 is 0 Å². The summed E-state index contributed by atoms with van der Waals surface area (Å²) in [5.41, 5.74) is 0. The number of benzene rings is 1. The molecule has 1 fully saturated rings. The minimum Gasteiger partial charge on any atom is -0.342 e. The number of nitrogens with one attached hydrogen (secondary N) is 1. The summed E-state index contributed by atoms with van der Waals surface area (Å²) in [4.78, 5) is 13.4. The number of nitrogens with zero attached hydrogens (tertiary/aromatic N) is 1. The molecule has 1 N–H and O–H groups in total. The van der Waals surface area contributed by atoms with Crippen LogP contribution < -0.4 is 4.72 Å². The lowest BCUT2D eigenvalue weighted by atomic mass is 10.1. The number of carbonyl (C=O) groups is 1. The molecule has 1 heterocycles. The van der Waals surface area contributed by atoms with Crippen LogP contribution in [0.4, 0.5) is 4.39 Å². The van der Waals surface area contributed by atoms with Gasteiger partial charge in [0.15, 0.2) is 0 Å². The predicted molar refractivity (Wildman–Crippen MR) is 79.7 cm³/mol. The van der Waals surface area contributed by atoms with Crippen LogP contribution in [0.5, 0.6) is 0 Å². The Balaban J connectivity index is 2.00. The highest BCUT2D eigenvalue weighted by Crippen LogP contribution is 2.19. The maximum atomic E-state index is 13.4. The Kier molecular flexibility index (Phi) is 5.34. The summed E-state index contributed by atoms with van der Waals surface area (Å²) in [6.07, 6.45) is 2.97. The van der Waals surface area contributed by atoms with E-state index >= 15 is 0 Å². The van der Waals surface area contributed by atoms with Gasteiger partial charge in [-0.25, -0.2) is 17.5 Å². The lowest BCUT2D eigenvalue weighted by Gasteiger charge is -2.26. The van der Waals surface area contributed by atoms with Crippen molar-refractivity contribution in [2.75, 3.05) is 19.6 Å². The molecule has 0 aliphatic carbocycles. The molecule has 1 aromatic carbocycles. The summed E-state index contributed by atoms with van der Waals surface area (Å²) in [5, 5.41) is 0. The lowest BCUT2D eigenvalue weighted by Crippen LogP contribution is -2.42. The number of amides is 1. The molecular formula is C13H16BrFN2O3S. The van der Waals surface area contributed by atoms with Crippen LogP contribution in [0.3, 0.4) is 0 Å². The van der Waals surface area contributed by atoms with E-state index in [1.165, 1.54) is 12.1 Å². The molecule has 1 aromatic rings. The molecule has 1 aliphatic heterocycles. The van der Waals surface area contributed by atoms with E-state index in [-0.39, 0.29) is 21.8 Å². The molecule has 8 heteroatoms. The van der Waals surface area contributed by atoms with Crippen molar-refractivity contribution < 1.29 is 17.6 Å². The van der Waals surface area contributed by atoms with Crippen molar-refractivity contribution >= 4 is 31.9 Å². The van der Waals surface area contributed by atoms with E-state index in [4.69, 9.17) is 0 Å². The average molecular weight is 379 g/mol. The molecule has 2 rings (SSSR count). The van der Waals surface area contributed by atoms with Crippen molar-refractivity contribution in [3.63, 3.8) is 0 Å². The van der Waals surface area contributed by atoms with E-state index < -0.39 is 15.8 Å². The minimum atomic E-state index is -3.89. The Morgan fingerprint density at radius 3 is 2.57 bits per heavy atom. The zero-order valence-electron chi connectivity index (χ0n) is 11.3. The van der Waals surface area contributed by atoms with Crippen LogP contribution in [-0.4, -0.2) is 38.9 Å². The minimum absolute atomic E-state index is 0.186. The Hall–Kier alpha value is -0.990. The SMILES string of the molecule is O=C(CNS(=O)(=O)c1ccc(Br)c(F)c1)N1CCCCC1. The molecule has 21 heavy (non-hydrogen) atoms. The molecule has 0 atom stereocenters. The molecule has 5 nitrogen and oxygen atoms in total. The number of sulfonamides is 1. The molecule has 0 bridgehead atoms. The first-order valence-electron chi connectivity index (χ1n) is 6.62. The number of hydrogen-bond acceptors (Lipinski definition) is 3.